The van der Waals surface area contributed by atoms with Gasteiger partial charge in [-0.1, -0.05) is 23.7 Å². The third kappa shape index (κ3) is 3.16. The first-order valence-corrected chi connectivity index (χ1v) is 7.83. The van der Waals surface area contributed by atoms with Gasteiger partial charge in [0.25, 0.3) is 11.5 Å². The third-order valence-electron chi connectivity index (χ3n) is 3.84. The first kappa shape index (κ1) is 16.2. The Bertz CT molecular complexity index is 995. The predicted molar refractivity (Wildman–Crippen MR) is 94.3 cm³/mol. The average molecular weight is 342 g/mol. The van der Waals surface area contributed by atoms with Crippen molar-refractivity contribution < 1.29 is 4.79 Å². The Morgan fingerprint density at radius 1 is 1.25 bits per heavy atom. The van der Waals surface area contributed by atoms with Crippen LogP contribution in [0.15, 0.2) is 47.3 Å². The second-order valence-electron chi connectivity index (χ2n) is 5.58. The molecule has 5 nitrogen and oxygen atoms in total. The van der Waals surface area contributed by atoms with E-state index in [9.17, 15) is 9.59 Å². The zero-order valence-electron chi connectivity index (χ0n) is 13.3. The molecule has 0 unspecified atom stereocenters. The summed E-state index contributed by atoms with van der Waals surface area (Å²) in [4.78, 5) is 28.5. The molecule has 1 aromatic heterocycles. The fourth-order valence-corrected chi connectivity index (χ4v) is 2.76. The fourth-order valence-electron chi connectivity index (χ4n) is 2.55. The number of amides is 1. The van der Waals surface area contributed by atoms with Gasteiger partial charge in [-0.3, -0.25) is 9.59 Å². The van der Waals surface area contributed by atoms with Gasteiger partial charge in [0, 0.05) is 24.2 Å². The summed E-state index contributed by atoms with van der Waals surface area (Å²) in [5.74, 6) is -0.204. The van der Waals surface area contributed by atoms with Gasteiger partial charge < -0.3 is 9.88 Å². The van der Waals surface area contributed by atoms with Crippen molar-refractivity contribution in [1.29, 1.82) is 0 Å². The van der Waals surface area contributed by atoms with Gasteiger partial charge in [0.2, 0.25) is 0 Å². The largest absolute Gasteiger partial charge is 0.348 e. The van der Waals surface area contributed by atoms with Crippen LogP contribution in [0.2, 0.25) is 5.02 Å². The van der Waals surface area contributed by atoms with Crippen LogP contribution in [0.1, 0.15) is 21.6 Å². The molecule has 3 aromatic rings. The van der Waals surface area contributed by atoms with Crippen LogP contribution in [0.5, 0.6) is 0 Å². The minimum absolute atomic E-state index is 0.138. The van der Waals surface area contributed by atoms with Crippen molar-refractivity contribution in [2.75, 3.05) is 0 Å². The molecule has 6 heteroatoms. The van der Waals surface area contributed by atoms with Gasteiger partial charge >= 0.3 is 0 Å². The maximum atomic E-state index is 12.3. The summed E-state index contributed by atoms with van der Waals surface area (Å²) in [6, 6.07) is 12.4. The van der Waals surface area contributed by atoms with E-state index in [1.807, 2.05) is 18.2 Å². The molecule has 1 heterocycles. The molecule has 0 aliphatic heterocycles. The lowest BCUT2D eigenvalue weighted by molar-refractivity contribution is 0.0951. The Hall–Kier alpha value is -2.66. The first-order valence-electron chi connectivity index (χ1n) is 7.46. The molecule has 0 fully saturated rings. The Morgan fingerprint density at radius 3 is 2.79 bits per heavy atom. The molecule has 1 amide bonds. The standard InChI is InChI=1S/C18H16ClN3O2/c1-11-18(24)22(2)16-7-6-13(9-15(16)21-11)17(23)20-10-12-4-3-5-14(19)8-12/h3-9H,10H2,1-2H3,(H,20,23). The van der Waals surface area contributed by atoms with E-state index in [0.717, 1.165) is 5.56 Å². The summed E-state index contributed by atoms with van der Waals surface area (Å²) in [5.41, 5.74) is 2.99. The summed E-state index contributed by atoms with van der Waals surface area (Å²) in [5, 5.41) is 3.49. The molecule has 24 heavy (non-hydrogen) atoms. The molecular weight excluding hydrogens is 326 g/mol. The van der Waals surface area contributed by atoms with Crippen LogP contribution in [-0.4, -0.2) is 15.5 Å². The summed E-state index contributed by atoms with van der Waals surface area (Å²) in [6.45, 7) is 2.05. The predicted octanol–water partition coefficient (Wildman–Crippen LogP) is 2.83. The number of nitrogens with zero attached hydrogens (tertiary/aromatic N) is 2. The molecule has 0 saturated carbocycles. The van der Waals surface area contributed by atoms with Crippen LogP contribution >= 0.6 is 11.6 Å². The van der Waals surface area contributed by atoms with E-state index >= 15 is 0 Å². The van der Waals surface area contributed by atoms with E-state index in [0.29, 0.717) is 33.9 Å². The van der Waals surface area contributed by atoms with E-state index in [2.05, 4.69) is 10.3 Å². The number of halogens is 1. The molecule has 0 radical (unpaired) electrons. The van der Waals surface area contributed by atoms with Gasteiger partial charge in [-0.05, 0) is 42.8 Å². The smallest absolute Gasteiger partial charge is 0.272 e. The van der Waals surface area contributed by atoms with E-state index < -0.39 is 0 Å². The maximum Gasteiger partial charge on any atom is 0.272 e. The monoisotopic (exact) mass is 341 g/mol. The maximum absolute atomic E-state index is 12.3. The Morgan fingerprint density at radius 2 is 2.04 bits per heavy atom. The summed E-state index contributed by atoms with van der Waals surface area (Å²) in [6.07, 6.45) is 0. The Labute approximate surface area is 143 Å². The molecule has 0 bridgehead atoms. The number of carbonyl (C=O) groups is 1. The number of nitrogens with one attached hydrogen (secondary N) is 1. The van der Waals surface area contributed by atoms with E-state index in [4.69, 9.17) is 11.6 Å². The molecule has 0 saturated heterocycles. The summed E-state index contributed by atoms with van der Waals surface area (Å²) >= 11 is 5.94. The average Bonchev–Trinajstić information content (AvgIpc) is 2.57. The van der Waals surface area contributed by atoms with Crippen molar-refractivity contribution in [1.82, 2.24) is 14.9 Å². The van der Waals surface area contributed by atoms with Crippen LogP contribution in [0.25, 0.3) is 11.0 Å². The molecule has 0 aliphatic carbocycles. The molecule has 2 aromatic carbocycles. The van der Waals surface area contributed by atoms with E-state index in [1.54, 1.807) is 38.2 Å². The summed E-state index contributed by atoms with van der Waals surface area (Å²) in [7, 11) is 1.69. The SMILES string of the molecule is Cc1nc2cc(C(=O)NCc3cccc(Cl)c3)ccc2n(C)c1=O. The number of aryl methyl sites for hydroxylation is 2. The van der Waals surface area contributed by atoms with E-state index in [1.165, 1.54) is 4.57 Å². The van der Waals surface area contributed by atoms with Gasteiger partial charge in [-0.15, -0.1) is 0 Å². The zero-order chi connectivity index (χ0) is 17.3. The van der Waals surface area contributed by atoms with Crippen LogP contribution in [-0.2, 0) is 13.6 Å². The molecular formula is C18H16ClN3O2. The van der Waals surface area contributed by atoms with Crippen molar-refractivity contribution in [3.8, 4) is 0 Å². The second kappa shape index (κ2) is 6.45. The van der Waals surface area contributed by atoms with Gasteiger partial charge in [0.15, 0.2) is 0 Å². The highest BCUT2D eigenvalue weighted by molar-refractivity contribution is 6.30. The highest BCUT2D eigenvalue weighted by atomic mass is 35.5. The molecule has 0 atom stereocenters. The highest BCUT2D eigenvalue weighted by Gasteiger charge is 2.10. The lowest BCUT2D eigenvalue weighted by Crippen LogP contribution is -2.24. The number of benzene rings is 2. The zero-order valence-corrected chi connectivity index (χ0v) is 14.1. The van der Waals surface area contributed by atoms with Crippen molar-refractivity contribution >= 4 is 28.5 Å². The van der Waals surface area contributed by atoms with Crippen LogP contribution in [0.3, 0.4) is 0 Å². The van der Waals surface area contributed by atoms with Gasteiger partial charge in [0.1, 0.15) is 5.69 Å². The quantitative estimate of drug-likeness (QED) is 0.796. The Balaban J connectivity index is 1.85. The lowest BCUT2D eigenvalue weighted by Gasteiger charge is -2.09. The highest BCUT2D eigenvalue weighted by Crippen LogP contribution is 2.14. The van der Waals surface area contributed by atoms with Crippen LogP contribution < -0.4 is 10.9 Å². The van der Waals surface area contributed by atoms with Gasteiger partial charge in [-0.2, -0.15) is 0 Å². The molecule has 1 N–H and O–H groups in total. The molecule has 0 spiro atoms. The van der Waals surface area contributed by atoms with Gasteiger partial charge in [-0.25, -0.2) is 4.98 Å². The number of rotatable bonds is 3. The lowest BCUT2D eigenvalue weighted by atomic mass is 10.1. The Kier molecular flexibility index (Phi) is 4.36. The molecule has 3 rings (SSSR count). The number of hydrogen-bond acceptors (Lipinski definition) is 3. The van der Waals surface area contributed by atoms with Crippen molar-refractivity contribution in [2.45, 2.75) is 13.5 Å². The van der Waals surface area contributed by atoms with Crippen LogP contribution in [0, 0.1) is 6.92 Å². The first-order chi connectivity index (χ1) is 11.5. The van der Waals surface area contributed by atoms with Crippen molar-refractivity contribution in [3.05, 3.63) is 74.7 Å². The van der Waals surface area contributed by atoms with Gasteiger partial charge in [0.05, 0.1) is 11.0 Å². The number of aromatic nitrogens is 2. The van der Waals surface area contributed by atoms with Crippen molar-refractivity contribution in [3.63, 3.8) is 0 Å². The normalized spacial score (nSPS) is 10.8. The van der Waals surface area contributed by atoms with Crippen molar-refractivity contribution in [2.24, 2.45) is 7.05 Å². The molecule has 0 aliphatic rings. The minimum Gasteiger partial charge on any atom is -0.348 e. The fraction of sp³-hybridized carbons (Fsp3) is 0.167. The topological polar surface area (TPSA) is 64.0 Å². The minimum atomic E-state index is -0.204. The second-order valence-corrected chi connectivity index (χ2v) is 6.01. The summed E-state index contributed by atoms with van der Waals surface area (Å²) < 4.78 is 1.53. The molecule has 122 valence electrons. The number of hydrogen-bond donors (Lipinski definition) is 1. The van der Waals surface area contributed by atoms with E-state index in [-0.39, 0.29) is 11.5 Å². The third-order valence-corrected chi connectivity index (χ3v) is 4.08. The number of fused-ring (bicyclic) bond motifs is 1. The van der Waals surface area contributed by atoms with Crippen LogP contribution in [0.4, 0.5) is 0 Å². The number of carbonyl (C=O) groups excluding carboxylic acids is 1.